The lowest BCUT2D eigenvalue weighted by atomic mass is 10.1. The number of likely N-dealkylation sites (N-methyl/N-ethyl adjacent to an activating group) is 2. The third-order valence-corrected chi connectivity index (χ3v) is 2.57. The maximum Gasteiger partial charge on any atom is 0.0166 e. The molecule has 2 atom stereocenters. The van der Waals surface area contributed by atoms with Crippen LogP contribution in [0.25, 0.3) is 0 Å². The smallest absolute Gasteiger partial charge is 0.0166 e. The number of hydrogen-bond acceptors (Lipinski definition) is 2. The molecule has 0 aliphatic carbocycles. The Hall–Kier alpha value is -0.0800. The molecule has 2 nitrogen and oxygen atoms in total. The van der Waals surface area contributed by atoms with Gasteiger partial charge in [0.15, 0.2) is 0 Å². The first kappa shape index (κ1) is 12.9. The van der Waals surface area contributed by atoms with E-state index in [0.29, 0.717) is 12.1 Å². The first-order valence-corrected chi connectivity index (χ1v) is 5.55. The van der Waals surface area contributed by atoms with Gasteiger partial charge in [0.2, 0.25) is 0 Å². The maximum absolute atomic E-state index is 3.43. The summed E-state index contributed by atoms with van der Waals surface area (Å²) in [5.74, 6) is 0. The van der Waals surface area contributed by atoms with Crippen molar-refractivity contribution in [1.29, 1.82) is 0 Å². The highest BCUT2D eigenvalue weighted by Crippen LogP contribution is 2.04. The van der Waals surface area contributed by atoms with Gasteiger partial charge in [-0.1, -0.05) is 20.3 Å². The van der Waals surface area contributed by atoms with E-state index in [4.69, 9.17) is 0 Å². The van der Waals surface area contributed by atoms with Gasteiger partial charge in [0.1, 0.15) is 0 Å². The Balaban J connectivity index is 3.64. The summed E-state index contributed by atoms with van der Waals surface area (Å²) in [6, 6.07) is 1.32. The van der Waals surface area contributed by atoms with E-state index in [1.807, 2.05) is 0 Å². The van der Waals surface area contributed by atoms with Gasteiger partial charge < -0.3 is 10.2 Å². The molecule has 2 heteroatoms. The van der Waals surface area contributed by atoms with E-state index in [0.717, 1.165) is 13.1 Å². The zero-order valence-corrected chi connectivity index (χ0v) is 9.93. The van der Waals surface area contributed by atoms with Crippen LogP contribution in [0.5, 0.6) is 0 Å². The summed E-state index contributed by atoms with van der Waals surface area (Å²) in [7, 11) is 2.22. The van der Waals surface area contributed by atoms with E-state index in [-0.39, 0.29) is 0 Å². The van der Waals surface area contributed by atoms with Gasteiger partial charge in [0.25, 0.3) is 0 Å². The second-order valence-corrected chi connectivity index (χ2v) is 4.04. The number of nitrogens with one attached hydrogen (secondary N) is 1. The Morgan fingerprint density at radius 3 is 2.31 bits per heavy atom. The first-order valence-electron chi connectivity index (χ1n) is 5.55. The molecule has 0 rings (SSSR count). The Kier molecular flexibility index (Phi) is 7.29. The van der Waals surface area contributed by atoms with Crippen molar-refractivity contribution in [3.63, 3.8) is 0 Å². The van der Waals surface area contributed by atoms with Crippen LogP contribution in [-0.4, -0.2) is 37.1 Å². The highest BCUT2D eigenvalue weighted by Gasteiger charge is 2.10. The van der Waals surface area contributed by atoms with Gasteiger partial charge in [-0.05, 0) is 33.9 Å². The first-order chi connectivity index (χ1) is 6.11. The highest BCUT2D eigenvalue weighted by molar-refractivity contribution is 4.69. The summed E-state index contributed by atoms with van der Waals surface area (Å²) in [5.41, 5.74) is 0. The van der Waals surface area contributed by atoms with Crippen molar-refractivity contribution in [2.45, 2.75) is 52.6 Å². The summed E-state index contributed by atoms with van der Waals surface area (Å²) in [6.45, 7) is 11.2. The predicted molar refractivity (Wildman–Crippen MR) is 60.1 cm³/mol. The van der Waals surface area contributed by atoms with Gasteiger partial charge in [-0.15, -0.1) is 0 Å². The van der Waals surface area contributed by atoms with Crippen LogP contribution in [0.3, 0.4) is 0 Å². The topological polar surface area (TPSA) is 15.3 Å². The van der Waals surface area contributed by atoms with Crippen LogP contribution in [0.1, 0.15) is 40.5 Å². The second-order valence-electron chi connectivity index (χ2n) is 4.04. The zero-order chi connectivity index (χ0) is 10.3. The second kappa shape index (κ2) is 7.34. The summed E-state index contributed by atoms with van der Waals surface area (Å²) in [4.78, 5) is 2.44. The third-order valence-electron chi connectivity index (χ3n) is 2.57. The Bertz CT molecular complexity index is 115. The molecule has 0 aromatic rings. The molecule has 2 unspecified atom stereocenters. The largest absolute Gasteiger partial charge is 0.313 e. The highest BCUT2D eigenvalue weighted by atomic mass is 15.1. The van der Waals surface area contributed by atoms with Crippen LogP contribution in [0.2, 0.25) is 0 Å². The van der Waals surface area contributed by atoms with Crippen molar-refractivity contribution in [1.82, 2.24) is 10.2 Å². The summed E-state index contributed by atoms with van der Waals surface area (Å²) in [5, 5.41) is 3.43. The fourth-order valence-electron chi connectivity index (χ4n) is 1.66. The van der Waals surface area contributed by atoms with E-state index < -0.39 is 0 Å². The minimum absolute atomic E-state index is 0.606. The normalized spacial score (nSPS) is 16.2. The van der Waals surface area contributed by atoms with E-state index in [2.05, 4.69) is 45.0 Å². The van der Waals surface area contributed by atoms with Crippen LogP contribution in [0, 0.1) is 0 Å². The quantitative estimate of drug-likeness (QED) is 0.655. The maximum atomic E-state index is 3.43. The molecule has 0 heterocycles. The Labute approximate surface area is 83.7 Å². The Morgan fingerprint density at radius 1 is 1.23 bits per heavy atom. The minimum Gasteiger partial charge on any atom is -0.313 e. The minimum atomic E-state index is 0.606. The fourth-order valence-corrected chi connectivity index (χ4v) is 1.66. The molecule has 0 radical (unpaired) electrons. The summed E-state index contributed by atoms with van der Waals surface area (Å²) < 4.78 is 0. The Morgan fingerprint density at radius 2 is 1.85 bits per heavy atom. The number of hydrogen-bond donors (Lipinski definition) is 1. The van der Waals surface area contributed by atoms with E-state index >= 15 is 0 Å². The van der Waals surface area contributed by atoms with Crippen molar-refractivity contribution in [3.8, 4) is 0 Å². The lowest BCUT2D eigenvalue weighted by Crippen LogP contribution is -2.41. The standard InChI is InChI=1S/C11H26N2/c1-6-8-11(4)13(5)9-10(3)12-7-2/h10-12H,6-9H2,1-5H3. The van der Waals surface area contributed by atoms with Crippen molar-refractivity contribution in [3.05, 3.63) is 0 Å². The van der Waals surface area contributed by atoms with E-state index in [1.165, 1.54) is 12.8 Å². The molecule has 0 aliphatic rings. The van der Waals surface area contributed by atoms with Crippen LogP contribution in [0.4, 0.5) is 0 Å². The molecule has 13 heavy (non-hydrogen) atoms. The molecular formula is C11H26N2. The van der Waals surface area contributed by atoms with Gasteiger partial charge in [-0.25, -0.2) is 0 Å². The van der Waals surface area contributed by atoms with E-state index in [1.54, 1.807) is 0 Å². The van der Waals surface area contributed by atoms with E-state index in [9.17, 15) is 0 Å². The van der Waals surface area contributed by atoms with Gasteiger partial charge in [0.05, 0.1) is 0 Å². The molecule has 0 aromatic carbocycles. The molecule has 1 N–H and O–H groups in total. The molecule has 0 saturated carbocycles. The SMILES string of the molecule is CCCC(C)N(C)CC(C)NCC. The molecule has 0 fully saturated rings. The molecule has 80 valence electrons. The summed E-state index contributed by atoms with van der Waals surface area (Å²) >= 11 is 0. The average molecular weight is 186 g/mol. The molecule has 0 saturated heterocycles. The van der Waals surface area contributed by atoms with Gasteiger partial charge in [-0.2, -0.15) is 0 Å². The zero-order valence-electron chi connectivity index (χ0n) is 9.93. The molecular weight excluding hydrogens is 160 g/mol. The predicted octanol–water partition coefficient (Wildman–Crippen LogP) is 2.10. The lowest BCUT2D eigenvalue weighted by Gasteiger charge is -2.27. The molecule has 0 bridgehead atoms. The van der Waals surface area contributed by atoms with Crippen molar-refractivity contribution >= 4 is 0 Å². The lowest BCUT2D eigenvalue weighted by molar-refractivity contribution is 0.224. The molecule has 0 aromatic heterocycles. The fraction of sp³-hybridized carbons (Fsp3) is 1.00. The van der Waals surface area contributed by atoms with Crippen LogP contribution < -0.4 is 5.32 Å². The number of rotatable bonds is 7. The third kappa shape index (κ3) is 6.05. The van der Waals surface area contributed by atoms with Crippen LogP contribution in [-0.2, 0) is 0 Å². The van der Waals surface area contributed by atoms with Crippen LogP contribution in [0.15, 0.2) is 0 Å². The van der Waals surface area contributed by atoms with Gasteiger partial charge in [0, 0.05) is 18.6 Å². The van der Waals surface area contributed by atoms with Crippen molar-refractivity contribution in [2.75, 3.05) is 20.1 Å². The number of nitrogens with zero attached hydrogens (tertiary/aromatic N) is 1. The summed E-state index contributed by atoms with van der Waals surface area (Å²) in [6.07, 6.45) is 2.58. The molecule has 0 aliphatic heterocycles. The molecule has 0 spiro atoms. The molecule has 0 amide bonds. The van der Waals surface area contributed by atoms with Gasteiger partial charge in [-0.3, -0.25) is 0 Å². The average Bonchev–Trinajstić information content (AvgIpc) is 2.05. The van der Waals surface area contributed by atoms with Gasteiger partial charge >= 0.3 is 0 Å². The van der Waals surface area contributed by atoms with Crippen LogP contribution >= 0.6 is 0 Å². The van der Waals surface area contributed by atoms with Crippen molar-refractivity contribution < 1.29 is 0 Å². The van der Waals surface area contributed by atoms with Crippen molar-refractivity contribution in [2.24, 2.45) is 0 Å². The monoisotopic (exact) mass is 186 g/mol.